The zero-order valence-electron chi connectivity index (χ0n) is 13.1. The number of anilines is 1. The van der Waals surface area contributed by atoms with Gasteiger partial charge in [-0.2, -0.15) is 0 Å². The van der Waals surface area contributed by atoms with Gasteiger partial charge in [0.1, 0.15) is 5.82 Å². The molecule has 3 rings (SSSR count). The number of hydrogen-bond acceptors (Lipinski definition) is 5. The molecule has 0 aliphatic heterocycles. The molecule has 1 aromatic heterocycles. The smallest absolute Gasteiger partial charge is 0.257 e. The highest BCUT2D eigenvalue weighted by atomic mass is 32.2. The average Bonchev–Trinajstić information content (AvgIpc) is 3.03. The highest BCUT2D eigenvalue weighted by Gasteiger charge is 2.12. The summed E-state index contributed by atoms with van der Waals surface area (Å²) in [5.41, 5.74) is 1.70. The molecule has 25 heavy (non-hydrogen) atoms. The number of aromatic nitrogens is 1. The molecule has 0 spiro atoms. The van der Waals surface area contributed by atoms with Gasteiger partial charge in [0.05, 0.1) is 10.6 Å². The second-order valence-electron chi connectivity index (χ2n) is 5.30. The third-order valence-electron chi connectivity index (χ3n) is 3.41. The Bertz CT molecular complexity index is 1010. The lowest BCUT2D eigenvalue weighted by Crippen LogP contribution is -2.11. The van der Waals surface area contributed by atoms with Crippen LogP contribution in [0.4, 0.5) is 9.52 Å². The van der Waals surface area contributed by atoms with Crippen LogP contribution < -0.4 is 5.32 Å². The summed E-state index contributed by atoms with van der Waals surface area (Å²) in [6.45, 7) is 0. The second kappa shape index (κ2) is 6.73. The molecule has 1 amide bonds. The monoisotopic (exact) mass is 376 g/mol. The molecule has 1 N–H and O–H groups in total. The Hall–Kier alpha value is -2.58. The predicted molar refractivity (Wildman–Crippen MR) is 95.0 cm³/mol. The fourth-order valence-electron chi connectivity index (χ4n) is 2.11. The molecule has 0 atom stereocenters. The quantitative estimate of drug-likeness (QED) is 0.755. The van der Waals surface area contributed by atoms with Crippen molar-refractivity contribution in [2.24, 2.45) is 0 Å². The third kappa shape index (κ3) is 4.09. The van der Waals surface area contributed by atoms with Gasteiger partial charge in [-0.1, -0.05) is 0 Å². The molecule has 128 valence electrons. The molecule has 1 heterocycles. The lowest BCUT2D eigenvalue weighted by Gasteiger charge is -2.03. The number of nitrogens with one attached hydrogen (secondary N) is 1. The number of amides is 1. The number of carbonyl (C=O) groups excluding carboxylic acids is 1. The zero-order valence-corrected chi connectivity index (χ0v) is 14.7. The zero-order chi connectivity index (χ0) is 18.0. The summed E-state index contributed by atoms with van der Waals surface area (Å²) < 4.78 is 35.8. The van der Waals surface area contributed by atoms with E-state index in [0.717, 1.165) is 11.8 Å². The Morgan fingerprint density at radius 2 is 1.72 bits per heavy atom. The molecule has 0 saturated carbocycles. The van der Waals surface area contributed by atoms with Crippen LogP contribution in [0.15, 0.2) is 58.8 Å². The minimum atomic E-state index is -3.30. The van der Waals surface area contributed by atoms with E-state index in [4.69, 9.17) is 0 Å². The van der Waals surface area contributed by atoms with Crippen LogP contribution in [0, 0.1) is 5.82 Å². The highest BCUT2D eigenvalue weighted by Crippen LogP contribution is 2.25. The van der Waals surface area contributed by atoms with Crippen molar-refractivity contribution in [1.29, 1.82) is 0 Å². The number of hydrogen-bond donors (Lipinski definition) is 1. The summed E-state index contributed by atoms with van der Waals surface area (Å²) in [5, 5.41) is 4.82. The van der Waals surface area contributed by atoms with Crippen molar-refractivity contribution in [1.82, 2.24) is 4.98 Å². The van der Waals surface area contributed by atoms with Crippen molar-refractivity contribution in [2.75, 3.05) is 11.6 Å². The van der Waals surface area contributed by atoms with Gasteiger partial charge in [0, 0.05) is 22.8 Å². The average molecular weight is 376 g/mol. The Kier molecular flexibility index (Phi) is 4.65. The Morgan fingerprint density at radius 1 is 1.08 bits per heavy atom. The van der Waals surface area contributed by atoms with Gasteiger partial charge >= 0.3 is 0 Å². The second-order valence-corrected chi connectivity index (χ2v) is 8.17. The van der Waals surface area contributed by atoms with Gasteiger partial charge in [0.2, 0.25) is 0 Å². The molecule has 0 fully saturated rings. The molecule has 0 bridgehead atoms. The highest BCUT2D eigenvalue weighted by molar-refractivity contribution is 7.90. The molecule has 0 unspecified atom stereocenters. The van der Waals surface area contributed by atoms with E-state index in [1.165, 1.54) is 47.7 Å². The van der Waals surface area contributed by atoms with E-state index in [9.17, 15) is 17.6 Å². The van der Waals surface area contributed by atoms with Crippen molar-refractivity contribution in [3.05, 3.63) is 65.3 Å². The molecule has 8 heteroatoms. The van der Waals surface area contributed by atoms with Crippen LogP contribution >= 0.6 is 11.3 Å². The van der Waals surface area contributed by atoms with E-state index in [0.29, 0.717) is 16.4 Å². The summed E-state index contributed by atoms with van der Waals surface area (Å²) in [6.07, 6.45) is 1.11. The van der Waals surface area contributed by atoms with Crippen LogP contribution in [0.1, 0.15) is 10.4 Å². The van der Waals surface area contributed by atoms with Gasteiger partial charge in [-0.3, -0.25) is 10.1 Å². The molecule has 0 aliphatic carbocycles. The van der Waals surface area contributed by atoms with Gasteiger partial charge < -0.3 is 0 Å². The molecule has 3 aromatic rings. The molecule has 5 nitrogen and oxygen atoms in total. The number of nitrogens with zero attached hydrogens (tertiary/aromatic N) is 1. The van der Waals surface area contributed by atoms with Gasteiger partial charge in [0.15, 0.2) is 15.0 Å². The van der Waals surface area contributed by atoms with Crippen molar-refractivity contribution < 1.29 is 17.6 Å². The topological polar surface area (TPSA) is 76.1 Å². The maximum Gasteiger partial charge on any atom is 0.257 e. The van der Waals surface area contributed by atoms with E-state index in [1.807, 2.05) is 0 Å². The first-order valence-electron chi connectivity index (χ1n) is 7.16. The molecular weight excluding hydrogens is 363 g/mol. The van der Waals surface area contributed by atoms with Crippen molar-refractivity contribution in [2.45, 2.75) is 4.90 Å². The Morgan fingerprint density at radius 3 is 2.32 bits per heavy atom. The van der Waals surface area contributed by atoms with Crippen LogP contribution in [0.25, 0.3) is 11.3 Å². The first-order valence-corrected chi connectivity index (χ1v) is 9.93. The van der Waals surface area contributed by atoms with E-state index in [-0.39, 0.29) is 16.6 Å². The minimum Gasteiger partial charge on any atom is -0.298 e. The van der Waals surface area contributed by atoms with Crippen LogP contribution in [0.5, 0.6) is 0 Å². The van der Waals surface area contributed by atoms with Crippen LogP contribution in [-0.2, 0) is 9.84 Å². The van der Waals surface area contributed by atoms with Crippen molar-refractivity contribution in [3.63, 3.8) is 0 Å². The summed E-state index contributed by atoms with van der Waals surface area (Å²) in [4.78, 5) is 16.7. The standard InChI is InChI=1S/C17H13FN2O3S2/c1-25(22,23)14-8-4-12(5-9-14)16(21)20-17-19-15(10-24-17)11-2-6-13(18)7-3-11/h2-10H,1H3,(H,19,20,21). The SMILES string of the molecule is CS(=O)(=O)c1ccc(C(=O)Nc2nc(-c3ccc(F)cc3)cs2)cc1. The van der Waals surface area contributed by atoms with Gasteiger partial charge in [0.25, 0.3) is 5.91 Å². The predicted octanol–water partition coefficient (Wildman–Crippen LogP) is 3.61. The number of thiazole rings is 1. The normalized spacial score (nSPS) is 11.3. The fraction of sp³-hybridized carbons (Fsp3) is 0.0588. The van der Waals surface area contributed by atoms with Crippen LogP contribution in [0.3, 0.4) is 0 Å². The molecule has 0 radical (unpaired) electrons. The number of benzene rings is 2. The largest absolute Gasteiger partial charge is 0.298 e. The first-order chi connectivity index (χ1) is 11.8. The summed E-state index contributed by atoms with van der Waals surface area (Å²) in [5.74, 6) is -0.717. The maximum atomic E-state index is 13.0. The number of sulfone groups is 1. The lowest BCUT2D eigenvalue weighted by atomic mass is 10.2. The van der Waals surface area contributed by atoms with Crippen LogP contribution in [-0.4, -0.2) is 25.6 Å². The van der Waals surface area contributed by atoms with E-state index in [1.54, 1.807) is 17.5 Å². The van der Waals surface area contributed by atoms with Gasteiger partial charge in [-0.25, -0.2) is 17.8 Å². The van der Waals surface area contributed by atoms with Gasteiger partial charge in [-0.15, -0.1) is 11.3 Å². The minimum absolute atomic E-state index is 0.150. The summed E-state index contributed by atoms with van der Waals surface area (Å²) >= 11 is 1.25. The maximum absolute atomic E-state index is 13.0. The number of carbonyl (C=O) groups is 1. The van der Waals surface area contributed by atoms with Crippen molar-refractivity contribution in [3.8, 4) is 11.3 Å². The lowest BCUT2D eigenvalue weighted by molar-refractivity contribution is 0.102. The third-order valence-corrected chi connectivity index (χ3v) is 5.30. The van der Waals surface area contributed by atoms with Gasteiger partial charge in [-0.05, 0) is 48.5 Å². The number of halogens is 1. The summed E-state index contributed by atoms with van der Waals surface area (Å²) in [7, 11) is -3.30. The van der Waals surface area contributed by atoms with Crippen molar-refractivity contribution >= 4 is 32.2 Å². The molecule has 0 aliphatic rings. The Balaban J connectivity index is 1.74. The fourth-order valence-corrected chi connectivity index (χ4v) is 3.45. The van der Waals surface area contributed by atoms with Crippen LogP contribution in [0.2, 0.25) is 0 Å². The van der Waals surface area contributed by atoms with E-state index < -0.39 is 9.84 Å². The first kappa shape index (κ1) is 17.2. The molecule has 0 saturated heterocycles. The molecule has 2 aromatic carbocycles. The van der Waals surface area contributed by atoms with E-state index >= 15 is 0 Å². The summed E-state index contributed by atoms with van der Waals surface area (Å²) in [6, 6.07) is 11.6. The number of rotatable bonds is 4. The van der Waals surface area contributed by atoms with E-state index in [2.05, 4.69) is 10.3 Å². The Labute approximate surface area is 148 Å². The molecular formula is C17H13FN2O3S2.